The van der Waals surface area contributed by atoms with Gasteiger partial charge < -0.3 is 0 Å². The van der Waals surface area contributed by atoms with Gasteiger partial charge in [0, 0.05) is 57.6 Å². The molecule has 0 aliphatic heterocycles. The lowest BCUT2D eigenvalue weighted by Gasteiger charge is -2.12. The second kappa shape index (κ2) is 16.8. The quantitative estimate of drug-likeness (QED) is 0.138. The van der Waals surface area contributed by atoms with Crippen LogP contribution < -0.4 is 0 Å². The van der Waals surface area contributed by atoms with Gasteiger partial charge in [0.25, 0.3) is 0 Å². The minimum Gasteiger partial charge on any atom is -0.233 e. The summed E-state index contributed by atoms with van der Waals surface area (Å²) in [6, 6.07) is 58.9. The molecule has 0 amide bonds. The number of hydrogen-bond acceptors (Lipinski definition) is 6. The monoisotopic (exact) mass is 776 g/mol. The minimum absolute atomic E-state index is 0.543. The molecule has 0 aliphatic carbocycles. The fourth-order valence-corrected chi connectivity index (χ4v) is 7.64. The molecule has 0 spiro atoms. The summed E-state index contributed by atoms with van der Waals surface area (Å²) in [5, 5.41) is 0. The predicted octanol–water partition coefficient (Wildman–Crippen LogP) is 12.5. The summed E-state index contributed by atoms with van der Waals surface area (Å²) >= 11 is 0. The third-order valence-corrected chi connectivity index (χ3v) is 10.5. The number of nitrogens with zero attached hydrogens (tertiary/aromatic N) is 6. The van der Waals surface area contributed by atoms with Crippen molar-refractivity contribution in [1.29, 1.82) is 0 Å². The molecule has 0 N–H and O–H groups in total. The molecule has 0 atom stereocenters. The third kappa shape index (κ3) is 8.83. The number of benzene rings is 6. The van der Waals surface area contributed by atoms with Crippen molar-refractivity contribution >= 4 is 0 Å². The molecule has 3 heterocycles. The zero-order valence-corrected chi connectivity index (χ0v) is 34.3. The average Bonchev–Trinajstić information content (AvgIpc) is 3.26. The van der Waals surface area contributed by atoms with Crippen LogP contribution in [0.25, 0.3) is 67.8 Å². The number of rotatable bonds is 10. The van der Waals surface area contributed by atoms with Gasteiger partial charge in [-0.25, -0.2) is 29.9 Å². The van der Waals surface area contributed by atoms with Crippen molar-refractivity contribution in [1.82, 2.24) is 29.9 Å². The molecule has 0 saturated carbocycles. The molecule has 6 nitrogen and oxygen atoms in total. The zero-order chi connectivity index (χ0) is 41.0. The Kier molecular flexibility index (Phi) is 10.7. The third-order valence-electron chi connectivity index (χ3n) is 10.5. The maximum atomic E-state index is 5.22. The number of aromatic nitrogens is 6. The van der Waals surface area contributed by atoms with Crippen LogP contribution in [-0.2, 0) is 12.8 Å². The van der Waals surface area contributed by atoms with E-state index in [0.29, 0.717) is 18.7 Å². The molecular weight excluding hydrogens is 733 g/mol. The van der Waals surface area contributed by atoms with E-state index in [1.54, 1.807) is 0 Å². The van der Waals surface area contributed by atoms with Crippen LogP contribution in [0.1, 0.15) is 45.0 Å². The maximum absolute atomic E-state index is 5.22. The summed E-state index contributed by atoms with van der Waals surface area (Å²) < 4.78 is 0. The molecule has 3 aromatic heterocycles. The lowest BCUT2D eigenvalue weighted by molar-refractivity contribution is 0.974. The highest BCUT2D eigenvalue weighted by Crippen LogP contribution is 2.30. The van der Waals surface area contributed by atoms with E-state index in [4.69, 9.17) is 29.9 Å². The summed E-state index contributed by atoms with van der Waals surface area (Å²) in [6.07, 6.45) is 1.18. The molecule has 0 bridgehead atoms. The van der Waals surface area contributed by atoms with Crippen LogP contribution >= 0.6 is 0 Å². The topological polar surface area (TPSA) is 77.3 Å². The molecule has 0 radical (unpaired) electrons. The molecule has 0 saturated heterocycles. The fraction of sp³-hybridized carbons (Fsp3) is 0.111. The second-order valence-corrected chi connectivity index (χ2v) is 15.6. The summed E-state index contributed by atoms with van der Waals surface area (Å²) in [5.74, 6) is 2.16. The Morgan fingerprint density at radius 1 is 0.317 bits per heavy atom. The van der Waals surface area contributed by atoms with E-state index in [-0.39, 0.29) is 0 Å². The summed E-state index contributed by atoms with van der Waals surface area (Å²) in [4.78, 5) is 30.4. The van der Waals surface area contributed by atoms with E-state index in [1.807, 2.05) is 31.2 Å². The van der Waals surface area contributed by atoms with Gasteiger partial charge in [-0.3, -0.25) is 0 Å². The highest BCUT2D eigenvalue weighted by Gasteiger charge is 2.15. The number of hydrogen-bond donors (Lipinski definition) is 0. The first-order valence-electron chi connectivity index (χ1n) is 20.3. The van der Waals surface area contributed by atoms with Crippen molar-refractivity contribution < 1.29 is 0 Å². The van der Waals surface area contributed by atoms with Gasteiger partial charge >= 0.3 is 0 Å². The van der Waals surface area contributed by atoms with Crippen LogP contribution in [0.5, 0.6) is 0 Å². The molecule has 0 aliphatic rings. The molecule has 6 heteroatoms. The molecular formula is C54H44N6. The van der Waals surface area contributed by atoms with Crippen LogP contribution in [0.4, 0.5) is 0 Å². The lowest BCUT2D eigenvalue weighted by Crippen LogP contribution is -2.02. The molecule has 290 valence electrons. The van der Waals surface area contributed by atoms with Crippen LogP contribution in [0, 0.1) is 27.7 Å². The normalized spacial score (nSPS) is 11.1. The van der Waals surface area contributed by atoms with Gasteiger partial charge in [-0.05, 0) is 87.4 Å². The Labute approximate surface area is 351 Å². The van der Waals surface area contributed by atoms with Crippen LogP contribution in [0.3, 0.4) is 0 Å². The van der Waals surface area contributed by atoms with Crippen molar-refractivity contribution in [2.24, 2.45) is 0 Å². The Hall–Kier alpha value is -7.44. The van der Waals surface area contributed by atoms with Gasteiger partial charge in [0.15, 0.2) is 11.6 Å². The van der Waals surface area contributed by atoms with Gasteiger partial charge in [0.2, 0.25) is 0 Å². The van der Waals surface area contributed by atoms with E-state index in [2.05, 4.69) is 166 Å². The minimum atomic E-state index is 0.543. The first-order valence-corrected chi connectivity index (χ1v) is 20.3. The van der Waals surface area contributed by atoms with E-state index in [9.17, 15) is 0 Å². The van der Waals surface area contributed by atoms with E-state index >= 15 is 0 Å². The molecule has 6 aromatic carbocycles. The zero-order valence-electron chi connectivity index (χ0n) is 34.3. The van der Waals surface area contributed by atoms with Gasteiger partial charge in [-0.2, -0.15) is 0 Å². The molecule has 9 aromatic rings. The van der Waals surface area contributed by atoms with Crippen LogP contribution in [0.2, 0.25) is 0 Å². The largest absolute Gasteiger partial charge is 0.233 e. The van der Waals surface area contributed by atoms with Crippen molar-refractivity contribution in [3.05, 3.63) is 215 Å². The first kappa shape index (κ1) is 38.1. The summed E-state index contributed by atoms with van der Waals surface area (Å²) in [5.41, 5.74) is 17.4. The Bertz CT molecular complexity index is 2990. The lowest BCUT2D eigenvalue weighted by atomic mass is 10.0. The van der Waals surface area contributed by atoms with Gasteiger partial charge in [0.05, 0.1) is 22.8 Å². The van der Waals surface area contributed by atoms with E-state index in [0.717, 1.165) is 90.3 Å². The molecule has 0 fully saturated rings. The SMILES string of the molecule is Cc1cccc(-c2cc(-c3cccc(Cc4cc(-c5ccccc5)nc(-c5cccc(C)c5)n4)c3)nc(Cc3cccc(-c4nc(C)cc(-c5cccc(C)c5)n4)c3)n2)c1. The Morgan fingerprint density at radius 3 is 1.38 bits per heavy atom. The molecule has 0 unspecified atom stereocenters. The smallest absolute Gasteiger partial charge is 0.160 e. The highest BCUT2D eigenvalue weighted by molar-refractivity contribution is 5.70. The van der Waals surface area contributed by atoms with Crippen molar-refractivity contribution in [3.63, 3.8) is 0 Å². The van der Waals surface area contributed by atoms with Crippen LogP contribution in [0.15, 0.2) is 170 Å². The first-order chi connectivity index (χ1) is 29.3. The van der Waals surface area contributed by atoms with Gasteiger partial charge in [-0.15, -0.1) is 0 Å². The standard InChI is InChI=1S/C54H44N6/c1-35-13-8-20-42(25-35)48-28-38(4)55-53(59-48)46-24-12-17-40(30-46)32-52-57-50(43-21-9-14-36(2)26-43)34-51(58-52)44-22-11-16-39(29-44)31-47-33-49(41-18-6-5-7-19-41)60-54(56-47)45-23-10-15-37(3)27-45/h5-30,33-34H,31-32H2,1-4H3. The number of aryl methyl sites for hydroxylation is 4. The molecule has 60 heavy (non-hydrogen) atoms. The van der Waals surface area contributed by atoms with E-state index < -0.39 is 0 Å². The molecule has 9 rings (SSSR count). The maximum Gasteiger partial charge on any atom is 0.160 e. The van der Waals surface area contributed by atoms with Gasteiger partial charge in [0.1, 0.15) is 5.82 Å². The average molecular weight is 777 g/mol. The summed E-state index contributed by atoms with van der Waals surface area (Å²) in [7, 11) is 0. The highest BCUT2D eigenvalue weighted by atomic mass is 14.9. The second-order valence-electron chi connectivity index (χ2n) is 15.6. The summed E-state index contributed by atoms with van der Waals surface area (Å²) in [6.45, 7) is 8.33. The van der Waals surface area contributed by atoms with E-state index in [1.165, 1.54) is 16.7 Å². The van der Waals surface area contributed by atoms with Gasteiger partial charge in [-0.1, -0.05) is 138 Å². The predicted molar refractivity (Wildman–Crippen MR) is 243 cm³/mol. The van der Waals surface area contributed by atoms with Crippen LogP contribution in [-0.4, -0.2) is 29.9 Å². The van der Waals surface area contributed by atoms with Crippen molar-refractivity contribution in [2.45, 2.75) is 40.5 Å². The fourth-order valence-electron chi connectivity index (χ4n) is 7.64. The van der Waals surface area contributed by atoms with Crippen molar-refractivity contribution in [3.8, 4) is 67.8 Å². The Morgan fingerprint density at radius 2 is 0.767 bits per heavy atom. The van der Waals surface area contributed by atoms with Crippen molar-refractivity contribution in [2.75, 3.05) is 0 Å². The Balaban J connectivity index is 1.06.